The fraction of sp³-hybridized carbons (Fsp3) is 0.467. The van der Waals surface area contributed by atoms with E-state index in [1.807, 2.05) is 18.2 Å². The van der Waals surface area contributed by atoms with Gasteiger partial charge in [-0.15, -0.1) is 0 Å². The number of aliphatic hydroxyl groups is 1. The third kappa shape index (κ3) is 4.82. The molecule has 2 aromatic carbocycles. The monoisotopic (exact) mass is 503 g/mol. The highest BCUT2D eigenvalue weighted by atomic mass is 19.1. The zero-order valence-corrected chi connectivity index (χ0v) is 21.1. The van der Waals surface area contributed by atoms with Crippen LogP contribution in [0.2, 0.25) is 0 Å². The molecule has 3 fully saturated rings. The Labute approximate surface area is 216 Å². The molecule has 1 saturated carbocycles. The van der Waals surface area contributed by atoms with Crippen LogP contribution in [0.25, 0.3) is 22.0 Å². The molecule has 1 aliphatic carbocycles. The Balaban J connectivity index is 1.38. The second-order valence-corrected chi connectivity index (χ2v) is 11.0. The number of Topliss-reactive ketones (excluding diaryl/α,β-unsaturated/α-hetero) is 1. The second-order valence-electron chi connectivity index (χ2n) is 11.0. The van der Waals surface area contributed by atoms with E-state index < -0.39 is 18.2 Å². The van der Waals surface area contributed by atoms with Gasteiger partial charge in [0.2, 0.25) is 0 Å². The van der Waals surface area contributed by atoms with Gasteiger partial charge < -0.3 is 20.0 Å². The van der Waals surface area contributed by atoms with Crippen molar-refractivity contribution in [3.63, 3.8) is 0 Å². The summed E-state index contributed by atoms with van der Waals surface area (Å²) in [5.41, 5.74) is 3.90. The number of carbonyl (C=O) groups is 1. The Bertz CT molecular complexity index is 1330. The molecule has 6 rings (SSSR count). The third-order valence-electron chi connectivity index (χ3n) is 8.34. The summed E-state index contributed by atoms with van der Waals surface area (Å²) in [7, 11) is 0. The number of halogens is 1. The molecule has 0 unspecified atom stereocenters. The average molecular weight is 504 g/mol. The predicted molar refractivity (Wildman–Crippen MR) is 142 cm³/mol. The number of hydrogen-bond acceptors (Lipinski definition) is 6. The molecule has 3 heterocycles. The highest BCUT2D eigenvalue weighted by molar-refractivity contribution is 6.10. The van der Waals surface area contributed by atoms with E-state index in [2.05, 4.69) is 14.8 Å². The highest BCUT2D eigenvalue weighted by Gasteiger charge is 2.34. The number of benzene rings is 2. The fourth-order valence-electron chi connectivity index (χ4n) is 6.06. The second kappa shape index (κ2) is 10.0. The van der Waals surface area contributed by atoms with Crippen LogP contribution in [0.5, 0.6) is 5.75 Å². The molecule has 3 aliphatic rings. The number of aromatic hydroxyl groups is 1. The van der Waals surface area contributed by atoms with Crippen LogP contribution in [0.1, 0.15) is 54.4 Å². The fourth-order valence-corrected chi connectivity index (χ4v) is 6.06. The zero-order valence-electron chi connectivity index (χ0n) is 21.1. The molecule has 2 saturated heterocycles. The first-order valence-corrected chi connectivity index (χ1v) is 13.6. The Morgan fingerprint density at radius 3 is 2.46 bits per heavy atom. The molecule has 0 bridgehead atoms. The number of pyridine rings is 1. The summed E-state index contributed by atoms with van der Waals surface area (Å²) in [4.78, 5) is 22.9. The van der Waals surface area contributed by atoms with Crippen molar-refractivity contribution in [3.8, 4) is 16.9 Å². The van der Waals surface area contributed by atoms with Crippen LogP contribution in [-0.2, 0) is 6.61 Å². The predicted octanol–water partition coefficient (Wildman–Crippen LogP) is 5.14. The smallest absolute Gasteiger partial charge is 0.169 e. The van der Waals surface area contributed by atoms with Crippen molar-refractivity contribution < 1.29 is 19.4 Å². The lowest BCUT2D eigenvalue weighted by molar-refractivity contribution is 0.0968. The third-order valence-corrected chi connectivity index (χ3v) is 8.34. The topological polar surface area (TPSA) is 76.9 Å². The Morgan fingerprint density at radius 2 is 1.76 bits per heavy atom. The molecule has 1 aromatic heterocycles. The minimum Gasteiger partial charge on any atom is -0.505 e. The Kier molecular flexibility index (Phi) is 6.59. The van der Waals surface area contributed by atoms with Crippen LogP contribution in [0.3, 0.4) is 0 Å². The number of ketones is 1. The van der Waals surface area contributed by atoms with E-state index in [4.69, 9.17) is 0 Å². The van der Waals surface area contributed by atoms with E-state index in [1.54, 1.807) is 12.3 Å². The van der Waals surface area contributed by atoms with Crippen LogP contribution >= 0.6 is 0 Å². The van der Waals surface area contributed by atoms with Crippen LogP contribution in [0.15, 0.2) is 36.5 Å². The van der Waals surface area contributed by atoms with Crippen molar-refractivity contribution in [2.45, 2.75) is 45.1 Å². The van der Waals surface area contributed by atoms with Crippen molar-refractivity contribution in [3.05, 3.63) is 53.5 Å². The number of aromatic nitrogens is 1. The number of hydrogen-bond donors (Lipinski definition) is 2. The Morgan fingerprint density at radius 1 is 1.00 bits per heavy atom. The molecule has 0 radical (unpaired) electrons. The van der Waals surface area contributed by atoms with E-state index >= 15 is 0 Å². The van der Waals surface area contributed by atoms with Crippen LogP contribution in [0, 0.1) is 17.7 Å². The molecule has 7 heteroatoms. The van der Waals surface area contributed by atoms with Gasteiger partial charge in [-0.25, -0.2) is 4.39 Å². The van der Waals surface area contributed by atoms with Gasteiger partial charge in [0.15, 0.2) is 17.3 Å². The molecule has 194 valence electrons. The lowest BCUT2D eigenvalue weighted by Crippen LogP contribution is -2.39. The van der Waals surface area contributed by atoms with Gasteiger partial charge >= 0.3 is 0 Å². The SMILES string of the molecule is O=C(c1cnc2ccc(-c3cc(F)c(O)c(CO)c3)cc2c1N1CCC(CN2CCCC2)CC1)C1CC1. The summed E-state index contributed by atoms with van der Waals surface area (Å²) in [6.45, 7) is 4.94. The van der Waals surface area contributed by atoms with Gasteiger partial charge in [-0.3, -0.25) is 9.78 Å². The van der Waals surface area contributed by atoms with Crippen LogP contribution in [-0.4, -0.2) is 58.6 Å². The maximum atomic E-state index is 14.4. The molecule has 0 atom stereocenters. The maximum absolute atomic E-state index is 14.4. The minimum absolute atomic E-state index is 0.0900. The summed E-state index contributed by atoms with van der Waals surface area (Å²) in [5.74, 6) is -0.349. The number of nitrogens with zero attached hydrogens (tertiary/aromatic N) is 3. The van der Waals surface area contributed by atoms with Gasteiger partial charge in [0.1, 0.15) is 0 Å². The average Bonchev–Trinajstić information content (AvgIpc) is 3.65. The summed E-state index contributed by atoms with van der Waals surface area (Å²) in [6, 6.07) is 8.64. The first-order valence-electron chi connectivity index (χ1n) is 13.6. The first-order chi connectivity index (χ1) is 18.0. The molecule has 0 amide bonds. The number of piperidine rings is 1. The molecule has 2 aliphatic heterocycles. The standard InChI is InChI=1S/C30H34FN3O3/c31-26-15-22(13-23(18-35)30(26)37)21-5-6-27-24(14-21)28(25(16-32-27)29(36)20-3-4-20)34-11-7-19(8-12-34)17-33-9-1-2-10-33/h5-6,13-16,19-20,35,37H,1-4,7-12,17-18H2. The summed E-state index contributed by atoms with van der Waals surface area (Å²) < 4.78 is 14.4. The summed E-state index contributed by atoms with van der Waals surface area (Å²) in [6.07, 6.45) is 8.43. The number of fused-ring (bicyclic) bond motifs is 1. The van der Waals surface area contributed by atoms with Crippen molar-refractivity contribution in [1.29, 1.82) is 0 Å². The normalized spacial score (nSPS) is 19.1. The zero-order chi connectivity index (χ0) is 25.5. The summed E-state index contributed by atoms with van der Waals surface area (Å²) in [5, 5.41) is 20.4. The largest absolute Gasteiger partial charge is 0.505 e. The number of phenols is 1. The number of anilines is 1. The minimum atomic E-state index is -0.766. The van der Waals surface area contributed by atoms with E-state index in [0.29, 0.717) is 17.0 Å². The van der Waals surface area contributed by atoms with Gasteiger partial charge in [0.05, 0.1) is 23.4 Å². The molecular formula is C30H34FN3O3. The molecule has 2 N–H and O–H groups in total. The van der Waals surface area contributed by atoms with E-state index in [1.165, 1.54) is 38.5 Å². The Hall–Kier alpha value is -3.03. The van der Waals surface area contributed by atoms with E-state index in [-0.39, 0.29) is 17.3 Å². The highest BCUT2D eigenvalue weighted by Crippen LogP contribution is 2.40. The van der Waals surface area contributed by atoms with Crippen molar-refractivity contribution in [2.24, 2.45) is 11.8 Å². The molecule has 0 spiro atoms. The molecular weight excluding hydrogens is 469 g/mol. The number of rotatable bonds is 7. The number of carbonyl (C=O) groups excluding carboxylic acids is 1. The van der Waals surface area contributed by atoms with Crippen LogP contribution in [0.4, 0.5) is 10.1 Å². The van der Waals surface area contributed by atoms with Crippen molar-refractivity contribution in [1.82, 2.24) is 9.88 Å². The van der Waals surface area contributed by atoms with Gasteiger partial charge in [-0.2, -0.15) is 0 Å². The number of likely N-dealkylation sites (tertiary alicyclic amines) is 1. The van der Waals surface area contributed by atoms with Gasteiger partial charge in [0.25, 0.3) is 0 Å². The van der Waals surface area contributed by atoms with Gasteiger partial charge in [-0.1, -0.05) is 6.07 Å². The molecule has 3 aromatic rings. The molecule has 37 heavy (non-hydrogen) atoms. The maximum Gasteiger partial charge on any atom is 0.169 e. The molecule has 6 nitrogen and oxygen atoms in total. The van der Waals surface area contributed by atoms with Gasteiger partial charge in [-0.05, 0) is 92.9 Å². The number of aliphatic hydroxyl groups excluding tert-OH is 1. The van der Waals surface area contributed by atoms with E-state index in [9.17, 15) is 19.4 Å². The van der Waals surface area contributed by atoms with E-state index in [0.717, 1.165) is 60.9 Å². The van der Waals surface area contributed by atoms with Gasteiger partial charge in [0, 0.05) is 42.7 Å². The summed E-state index contributed by atoms with van der Waals surface area (Å²) >= 11 is 0. The lowest BCUT2D eigenvalue weighted by atomic mass is 9.93. The first kappa shape index (κ1) is 24.3. The quantitative estimate of drug-likeness (QED) is 0.435. The van der Waals surface area contributed by atoms with Crippen molar-refractivity contribution in [2.75, 3.05) is 37.6 Å². The van der Waals surface area contributed by atoms with Crippen molar-refractivity contribution >= 4 is 22.4 Å². The lowest BCUT2D eigenvalue weighted by Gasteiger charge is -2.36. The van der Waals surface area contributed by atoms with Crippen LogP contribution < -0.4 is 4.90 Å².